The summed E-state index contributed by atoms with van der Waals surface area (Å²) in [4.78, 5) is 0. The monoisotopic (exact) mass is 428 g/mol. The first-order chi connectivity index (χ1) is 8.00. The summed E-state index contributed by atoms with van der Waals surface area (Å²) >= 11 is 0. The van der Waals surface area contributed by atoms with Crippen LogP contribution in [0.15, 0.2) is 0 Å². The van der Waals surface area contributed by atoms with Crippen LogP contribution in [0.2, 0.25) is 0 Å². The first kappa shape index (κ1) is 38.2. The normalized spacial score (nSPS) is 10.9. The van der Waals surface area contributed by atoms with Crippen molar-refractivity contribution in [1.82, 2.24) is 0 Å². The number of hydrogen-bond donors (Lipinski definition) is 0. The largest absolute Gasteiger partial charge is 2.00 e. The lowest BCUT2D eigenvalue weighted by atomic mass is 15.8. The van der Waals surface area contributed by atoms with Gasteiger partial charge in [-0.15, -0.1) is 41.0 Å². The molecule has 0 aromatic rings. The van der Waals surface area contributed by atoms with E-state index in [-0.39, 0.29) is 11.0 Å². The molecule has 8 radical (unpaired) electrons. The number of hydrogen-bond acceptors (Lipinski definition) is 16. The summed E-state index contributed by atoms with van der Waals surface area (Å²) in [7, 11) is -19.8. The minimum Gasteiger partial charge on any atom is -0.222 e. The average molecular weight is 430 g/mol. The van der Waals surface area contributed by atoms with Crippen molar-refractivity contribution in [3.63, 3.8) is 0 Å². The molecule has 0 heterocycles. The van der Waals surface area contributed by atoms with Gasteiger partial charge in [0.25, 0.3) is 0 Å². The third kappa shape index (κ3) is 39900. The van der Waals surface area contributed by atoms with Crippen molar-refractivity contribution in [1.29, 1.82) is 0 Å². The second kappa shape index (κ2) is 15.0. The minimum atomic E-state index is -4.94. The van der Waals surface area contributed by atoms with Gasteiger partial charge in [0.05, 0.1) is 0 Å². The second-order valence-corrected chi connectivity index (χ2v) is 4.54. The van der Waals surface area contributed by atoms with Crippen LogP contribution in [0.3, 0.4) is 0 Å². The van der Waals surface area contributed by atoms with Crippen molar-refractivity contribution in [3.05, 3.63) is 0 Å². The standard InChI is InChI=1S/4ClHO4.2O/c4*2-1(3,4)5;;/h4*(H,2,3,4,5);;/q;;;;2*+2/p-4. The lowest BCUT2D eigenvalue weighted by molar-refractivity contribution is -2.00. The molecule has 0 saturated carbocycles. The molecule has 0 N–H and O–H groups in total. The maximum Gasteiger partial charge on any atom is 2.00 e. The highest BCUT2D eigenvalue weighted by Crippen LogP contribution is 1.51. The van der Waals surface area contributed by atoms with E-state index in [1.165, 1.54) is 0 Å². The Kier molecular flexibility index (Phi) is 26.0. The van der Waals surface area contributed by atoms with E-state index in [1.54, 1.807) is 0 Å². The molecule has 0 atom stereocenters. The van der Waals surface area contributed by atoms with Crippen LogP contribution in [0.1, 0.15) is 0 Å². The Morgan fingerprint density at radius 3 is 0.227 bits per heavy atom. The van der Waals surface area contributed by atoms with Gasteiger partial charge in [-0.2, -0.15) is 0 Å². The zero-order chi connectivity index (χ0) is 18.0. The first-order valence-electron chi connectivity index (χ1n) is 2.47. The molecule has 0 saturated heterocycles. The smallest absolute Gasteiger partial charge is 0.222 e. The van der Waals surface area contributed by atoms with Gasteiger partial charge in [0.2, 0.25) is 0 Å². The topological polar surface area (TPSA) is 426 Å². The van der Waals surface area contributed by atoms with Crippen LogP contribution in [-0.2, 0) is 11.0 Å². The van der Waals surface area contributed by atoms with Crippen LogP contribution in [0, 0.1) is 41.0 Å². The highest BCUT2D eigenvalue weighted by atomic mass is 35.7. The van der Waals surface area contributed by atoms with E-state index >= 15 is 0 Å². The van der Waals surface area contributed by atoms with Crippen molar-refractivity contribution >= 4 is 0 Å². The van der Waals surface area contributed by atoms with Crippen molar-refractivity contribution in [2.45, 2.75) is 0 Å². The molecule has 22 heteroatoms. The summed E-state index contributed by atoms with van der Waals surface area (Å²) in [5, 5.41) is 0. The van der Waals surface area contributed by atoms with Crippen molar-refractivity contribution < 1.29 is 126 Å². The quantitative estimate of drug-likeness (QED) is 0.344. The Balaban J connectivity index is -0.0000000376. The molecule has 0 amide bonds. The molecule has 0 aromatic carbocycles. The molecule has 18 nitrogen and oxygen atoms in total. The van der Waals surface area contributed by atoms with Crippen LogP contribution >= 0.6 is 0 Å². The van der Waals surface area contributed by atoms with Crippen LogP contribution < -0.4 is 74.5 Å². The molecule has 0 spiro atoms. The molecule has 0 aliphatic heterocycles. The molecule has 0 aliphatic rings. The molecular formula is Cl4O18. The van der Waals surface area contributed by atoms with E-state index in [0.29, 0.717) is 0 Å². The fourth-order valence-corrected chi connectivity index (χ4v) is 0. The molecule has 22 heavy (non-hydrogen) atoms. The Bertz CT molecular complexity index is 125. The molecule has 0 rings (SSSR count). The summed E-state index contributed by atoms with van der Waals surface area (Å²) in [6.07, 6.45) is 0. The van der Waals surface area contributed by atoms with E-state index in [2.05, 4.69) is 0 Å². The van der Waals surface area contributed by atoms with E-state index in [4.69, 9.17) is 74.5 Å². The zero-order valence-electron chi connectivity index (χ0n) is 8.86. The van der Waals surface area contributed by atoms with E-state index in [9.17, 15) is 0 Å². The van der Waals surface area contributed by atoms with Crippen molar-refractivity contribution in [2.24, 2.45) is 0 Å². The average Bonchev–Trinajstić information content (AvgIpc) is 1.62. The maximum absolute atomic E-state index is 8.49. The molecule has 0 fully saturated rings. The van der Waals surface area contributed by atoms with E-state index < -0.39 is 41.0 Å². The Labute approximate surface area is 127 Å². The van der Waals surface area contributed by atoms with Gasteiger partial charge < -0.3 is 0 Å². The van der Waals surface area contributed by atoms with Crippen molar-refractivity contribution in [2.75, 3.05) is 0 Å². The predicted octanol–water partition coefficient (Wildman–Crippen LogP) is -19.3. The number of rotatable bonds is 0. The van der Waals surface area contributed by atoms with Crippen molar-refractivity contribution in [3.8, 4) is 0 Å². The molecule has 0 bridgehead atoms. The SMILES string of the molecule is [O+2].[O+2].[O-][Cl+3]([O-])([O-])[O-].[O-][Cl+3]([O-])([O-])[O-].[O-][Cl+3]([O-])([O-])[O-].[O-][Cl+3]([O-])([O-])[O-]. The van der Waals surface area contributed by atoms with Gasteiger partial charge in [0.1, 0.15) is 0 Å². The lowest BCUT2D eigenvalue weighted by Crippen LogP contribution is -2.68. The molecule has 136 valence electrons. The summed E-state index contributed by atoms with van der Waals surface area (Å²) in [5.41, 5.74) is 0. The van der Waals surface area contributed by atoms with E-state index in [1.807, 2.05) is 0 Å². The Hall–Kier alpha value is 0.440. The van der Waals surface area contributed by atoms with Gasteiger partial charge in [-0.3, -0.25) is 0 Å². The molecule has 0 aromatic heterocycles. The fourth-order valence-electron chi connectivity index (χ4n) is 0. The summed E-state index contributed by atoms with van der Waals surface area (Å²) in [5.74, 6) is 0. The molecule has 0 aliphatic carbocycles. The minimum absolute atomic E-state index is 0. The Morgan fingerprint density at radius 1 is 0.227 bits per heavy atom. The zero-order valence-corrected chi connectivity index (χ0v) is 11.9. The maximum atomic E-state index is 8.49. The second-order valence-electron chi connectivity index (χ2n) is 1.51. The fraction of sp³-hybridized carbons (Fsp3) is 0. The molecule has 0 unspecified atom stereocenters. The van der Waals surface area contributed by atoms with Crippen LogP contribution in [0.5, 0.6) is 0 Å². The molecular weight excluding hydrogens is 430 g/mol. The van der Waals surface area contributed by atoms with Gasteiger partial charge in [-0.05, 0) is 0 Å². The number of halogens is 4. The Morgan fingerprint density at radius 2 is 0.227 bits per heavy atom. The predicted molar refractivity (Wildman–Crippen MR) is 1.37 cm³/mol. The highest BCUT2D eigenvalue weighted by Gasteiger charge is 2.00. The highest BCUT2D eigenvalue weighted by molar-refractivity contribution is 2.02. The van der Waals surface area contributed by atoms with E-state index in [0.717, 1.165) is 0 Å². The van der Waals surface area contributed by atoms with Crippen LogP contribution in [0.4, 0.5) is 0 Å². The van der Waals surface area contributed by atoms with Gasteiger partial charge in [-0.1, -0.05) is 0 Å². The van der Waals surface area contributed by atoms with Gasteiger partial charge in [0.15, 0.2) is 0 Å². The van der Waals surface area contributed by atoms with Gasteiger partial charge >= 0.3 is 11.0 Å². The third-order valence-corrected chi connectivity index (χ3v) is 0. The first-order valence-corrected chi connectivity index (χ1v) is 7.41. The lowest BCUT2D eigenvalue weighted by Gasteiger charge is -2.17. The van der Waals surface area contributed by atoms with Gasteiger partial charge in [-0.25, -0.2) is 74.5 Å². The summed E-state index contributed by atoms with van der Waals surface area (Å²) in [6, 6.07) is 0. The van der Waals surface area contributed by atoms with Crippen LogP contribution in [-0.4, -0.2) is 0 Å². The third-order valence-electron chi connectivity index (χ3n) is 0. The van der Waals surface area contributed by atoms with Crippen LogP contribution in [0.25, 0.3) is 0 Å². The van der Waals surface area contributed by atoms with Gasteiger partial charge in [0, 0.05) is 0 Å². The summed E-state index contributed by atoms with van der Waals surface area (Å²) < 4.78 is 136. The summed E-state index contributed by atoms with van der Waals surface area (Å²) in [6.45, 7) is 0.